The Morgan fingerprint density at radius 3 is 2.60 bits per heavy atom. The van der Waals surface area contributed by atoms with Gasteiger partial charge in [-0.3, -0.25) is 0 Å². The molecule has 0 fully saturated rings. The lowest BCUT2D eigenvalue weighted by molar-refractivity contribution is 0.466. The largest absolute Gasteiger partial charge is 0.399 e. The molecule has 0 bridgehead atoms. The molecule has 0 aliphatic rings. The van der Waals surface area contributed by atoms with Crippen LogP contribution in [0.15, 0.2) is 39.0 Å². The zero-order chi connectivity index (χ0) is 14.9. The summed E-state index contributed by atoms with van der Waals surface area (Å²) in [5.41, 5.74) is 7.20. The van der Waals surface area contributed by atoms with Crippen LogP contribution in [-0.2, 0) is 16.6 Å². The topological polar surface area (TPSA) is 63.4 Å². The SMILES string of the molecule is Cc1sc(Br)cc1S(=O)(=O)N(C)Cc1cccc(N)c1. The minimum atomic E-state index is -3.49. The zero-order valence-electron chi connectivity index (χ0n) is 11.1. The van der Waals surface area contributed by atoms with Gasteiger partial charge >= 0.3 is 0 Å². The van der Waals surface area contributed by atoms with Crippen LogP contribution in [0, 0.1) is 6.92 Å². The second-order valence-corrected chi connectivity index (χ2v) is 9.13. The molecule has 1 aromatic carbocycles. The summed E-state index contributed by atoms with van der Waals surface area (Å²) in [6.07, 6.45) is 0. The number of anilines is 1. The van der Waals surface area contributed by atoms with Gasteiger partial charge in [-0.05, 0) is 46.6 Å². The smallest absolute Gasteiger partial charge is 0.244 e. The van der Waals surface area contributed by atoms with Gasteiger partial charge in [0.05, 0.1) is 8.68 Å². The van der Waals surface area contributed by atoms with E-state index in [0.29, 0.717) is 17.1 Å². The van der Waals surface area contributed by atoms with Crippen LogP contribution in [-0.4, -0.2) is 19.8 Å². The van der Waals surface area contributed by atoms with E-state index in [9.17, 15) is 8.42 Å². The van der Waals surface area contributed by atoms with Crippen molar-refractivity contribution in [1.82, 2.24) is 4.31 Å². The van der Waals surface area contributed by atoms with E-state index in [1.54, 1.807) is 32.2 Å². The Morgan fingerprint density at radius 2 is 2.05 bits per heavy atom. The molecule has 0 unspecified atom stereocenters. The van der Waals surface area contributed by atoms with Gasteiger partial charge in [0.1, 0.15) is 0 Å². The second kappa shape index (κ2) is 5.85. The highest BCUT2D eigenvalue weighted by molar-refractivity contribution is 9.11. The van der Waals surface area contributed by atoms with Gasteiger partial charge in [0.2, 0.25) is 10.0 Å². The third-order valence-electron chi connectivity index (χ3n) is 2.89. The number of hydrogen-bond acceptors (Lipinski definition) is 4. The first-order chi connectivity index (χ1) is 9.30. The molecule has 0 aliphatic carbocycles. The fourth-order valence-corrected chi connectivity index (χ4v) is 5.43. The maximum atomic E-state index is 12.5. The van der Waals surface area contributed by atoms with Crippen LogP contribution in [0.5, 0.6) is 0 Å². The predicted molar refractivity (Wildman–Crippen MR) is 86.3 cm³/mol. The van der Waals surface area contributed by atoms with Gasteiger partial charge in [-0.25, -0.2) is 8.42 Å². The van der Waals surface area contributed by atoms with Crippen LogP contribution < -0.4 is 5.73 Å². The molecule has 1 aromatic heterocycles. The Balaban J connectivity index is 2.28. The summed E-state index contributed by atoms with van der Waals surface area (Å²) in [4.78, 5) is 1.12. The van der Waals surface area contributed by atoms with Gasteiger partial charge in [0, 0.05) is 24.2 Å². The van der Waals surface area contributed by atoms with Crippen molar-refractivity contribution in [3.63, 3.8) is 0 Å². The molecule has 0 saturated heterocycles. The Labute approximate surface area is 131 Å². The number of thiophene rings is 1. The molecule has 1 heterocycles. The summed E-state index contributed by atoms with van der Waals surface area (Å²) >= 11 is 4.73. The quantitative estimate of drug-likeness (QED) is 0.835. The van der Waals surface area contributed by atoms with Crippen LogP contribution in [0.2, 0.25) is 0 Å². The number of rotatable bonds is 4. The first kappa shape index (κ1) is 15.5. The molecule has 108 valence electrons. The summed E-state index contributed by atoms with van der Waals surface area (Å²) in [5.74, 6) is 0. The molecule has 2 aromatic rings. The minimum Gasteiger partial charge on any atom is -0.399 e. The highest BCUT2D eigenvalue weighted by atomic mass is 79.9. The Kier molecular flexibility index (Phi) is 4.53. The number of halogens is 1. The van der Waals surface area contributed by atoms with Crippen LogP contribution >= 0.6 is 27.3 Å². The van der Waals surface area contributed by atoms with E-state index in [0.717, 1.165) is 14.2 Å². The van der Waals surface area contributed by atoms with Crippen molar-refractivity contribution in [2.75, 3.05) is 12.8 Å². The van der Waals surface area contributed by atoms with Crippen molar-refractivity contribution < 1.29 is 8.42 Å². The Hall–Kier alpha value is -0.890. The molecular weight excluding hydrogens is 360 g/mol. The molecule has 4 nitrogen and oxygen atoms in total. The number of benzene rings is 1. The number of nitrogen functional groups attached to an aromatic ring is 1. The maximum Gasteiger partial charge on any atom is 0.244 e. The highest BCUT2D eigenvalue weighted by Gasteiger charge is 2.24. The molecule has 0 spiro atoms. The number of nitrogens with zero attached hydrogens (tertiary/aromatic N) is 1. The van der Waals surface area contributed by atoms with E-state index in [2.05, 4.69) is 15.9 Å². The maximum absolute atomic E-state index is 12.5. The molecular formula is C13H15BrN2O2S2. The summed E-state index contributed by atoms with van der Waals surface area (Å²) < 4.78 is 27.2. The van der Waals surface area contributed by atoms with E-state index in [1.807, 2.05) is 12.1 Å². The van der Waals surface area contributed by atoms with E-state index >= 15 is 0 Å². The molecule has 0 amide bonds. The van der Waals surface area contributed by atoms with Gasteiger partial charge in [0.15, 0.2) is 0 Å². The van der Waals surface area contributed by atoms with Gasteiger partial charge in [0.25, 0.3) is 0 Å². The van der Waals surface area contributed by atoms with Crippen molar-refractivity contribution in [3.8, 4) is 0 Å². The zero-order valence-corrected chi connectivity index (χ0v) is 14.3. The molecule has 0 saturated carbocycles. The standard InChI is InChI=1S/C13H15BrN2O2S2/c1-9-12(7-13(14)19-9)20(17,18)16(2)8-10-4-3-5-11(15)6-10/h3-7H,8,15H2,1-2H3. The van der Waals surface area contributed by atoms with Gasteiger partial charge in [-0.15, -0.1) is 11.3 Å². The van der Waals surface area contributed by atoms with Crippen molar-refractivity contribution >= 4 is 43.0 Å². The second-order valence-electron chi connectivity index (χ2n) is 4.48. The van der Waals surface area contributed by atoms with Crippen molar-refractivity contribution in [1.29, 1.82) is 0 Å². The number of sulfonamides is 1. The van der Waals surface area contributed by atoms with Crippen molar-refractivity contribution in [3.05, 3.63) is 44.6 Å². The van der Waals surface area contributed by atoms with Gasteiger partial charge in [-0.1, -0.05) is 12.1 Å². The Bertz CT molecular complexity index is 726. The minimum absolute atomic E-state index is 0.292. The first-order valence-corrected chi connectivity index (χ1v) is 8.92. The molecule has 0 aliphatic heterocycles. The third-order valence-corrected chi connectivity index (χ3v) is 6.50. The average molecular weight is 375 g/mol. The highest BCUT2D eigenvalue weighted by Crippen LogP contribution is 2.31. The van der Waals surface area contributed by atoms with Crippen molar-refractivity contribution in [2.24, 2.45) is 0 Å². The lowest BCUT2D eigenvalue weighted by atomic mass is 10.2. The fourth-order valence-electron chi connectivity index (χ4n) is 1.89. The summed E-state index contributed by atoms with van der Waals surface area (Å²) in [6, 6.07) is 8.88. The monoisotopic (exact) mass is 374 g/mol. The molecule has 2 N–H and O–H groups in total. The molecule has 20 heavy (non-hydrogen) atoms. The molecule has 2 rings (SSSR count). The lowest BCUT2D eigenvalue weighted by Crippen LogP contribution is -2.26. The molecule has 0 radical (unpaired) electrons. The van der Waals surface area contributed by atoms with E-state index < -0.39 is 10.0 Å². The van der Waals surface area contributed by atoms with E-state index in [-0.39, 0.29) is 0 Å². The lowest BCUT2D eigenvalue weighted by Gasteiger charge is -2.17. The summed E-state index contributed by atoms with van der Waals surface area (Å²) in [7, 11) is -1.91. The van der Waals surface area contributed by atoms with Crippen molar-refractivity contribution in [2.45, 2.75) is 18.4 Å². The van der Waals surface area contributed by atoms with Gasteiger partial charge < -0.3 is 5.73 Å². The Morgan fingerprint density at radius 1 is 1.35 bits per heavy atom. The van der Waals surface area contributed by atoms with Gasteiger partial charge in [-0.2, -0.15) is 4.31 Å². The number of hydrogen-bond donors (Lipinski definition) is 1. The fraction of sp³-hybridized carbons (Fsp3) is 0.231. The predicted octanol–water partition coefficient (Wildman–Crippen LogP) is 3.22. The average Bonchev–Trinajstić information content (AvgIpc) is 2.69. The van der Waals surface area contributed by atoms with Crippen LogP contribution in [0.4, 0.5) is 5.69 Å². The number of aryl methyl sites for hydroxylation is 1. The van der Waals surface area contributed by atoms with E-state index in [4.69, 9.17) is 5.73 Å². The summed E-state index contributed by atoms with van der Waals surface area (Å²) in [6.45, 7) is 2.09. The third kappa shape index (κ3) is 3.22. The van der Waals surface area contributed by atoms with Crippen LogP contribution in [0.3, 0.4) is 0 Å². The van der Waals surface area contributed by atoms with Crippen LogP contribution in [0.1, 0.15) is 10.4 Å². The van der Waals surface area contributed by atoms with Crippen LogP contribution in [0.25, 0.3) is 0 Å². The number of nitrogens with two attached hydrogens (primary N) is 1. The van der Waals surface area contributed by atoms with E-state index in [1.165, 1.54) is 15.6 Å². The normalized spacial score (nSPS) is 12.0. The molecule has 0 atom stereocenters. The molecule has 7 heteroatoms. The first-order valence-electron chi connectivity index (χ1n) is 5.87. The summed E-state index contributed by atoms with van der Waals surface area (Å²) in [5, 5.41) is 0.